The van der Waals surface area contributed by atoms with Gasteiger partial charge >= 0.3 is 30.0 Å². The summed E-state index contributed by atoms with van der Waals surface area (Å²) in [5.41, 5.74) is 0. The second-order valence-corrected chi connectivity index (χ2v) is 2.80. The molecule has 0 radical (unpaired) electrons. The van der Waals surface area contributed by atoms with Crippen molar-refractivity contribution in [2.75, 3.05) is 0 Å². The molecule has 0 aliphatic rings. The van der Waals surface area contributed by atoms with E-state index in [1.165, 1.54) is 0 Å². The van der Waals surface area contributed by atoms with Crippen molar-refractivity contribution in [2.24, 2.45) is 0 Å². The van der Waals surface area contributed by atoms with E-state index in [9.17, 15) is 53.5 Å². The van der Waals surface area contributed by atoms with Crippen LogP contribution in [-0.4, -0.2) is 35.8 Å². The first kappa shape index (κ1) is 16.6. The van der Waals surface area contributed by atoms with Gasteiger partial charge in [-0.1, -0.05) is 0 Å². The minimum absolute atomic E-state index is 4.00. The maximum absolute atomic E-state index is 12.3. The molecule has 0 amide bonds. The van der Waals surface area contributed by atoms with Crippen LogP contribution in [0, 0.1) is 0 Å². The van der Waals surface area contributed by atoms with Gasteiger partial charge in [0.15, 0.2) is 0 Å². The fourth-order valence-electron chi connectivity index (χ4n) is 0.592. The molecule has 0 aliphatic carbocycles. The Bertz CT molecular complexity index is 362. The molecule has 0 bridgehead atoms. The lowest BCUT2D eigenvalue weighted by molar-refractivity contribution is -0.343. The zero-order chi connectivity index (χ0) is 15.2. The predicted octanol–water partition coefficient (Wildman–Crippen LogP) is 2.52. The first-order valence-corrected chi connectivity index (χ1v) is 3.55. The minimum Gasteiger partial charge on any atom is -0.283 e. The summed E-state index contributed by atoms with van der Waals surface area (Å²) in [4.78, 5) is 20.0. The van der Waals surface area contributed by atoms with E-state index >= 15 is 0 Å². The van der Waals surface area contributed by atoms with Crippen molar-refractivity contribution in [3.8, 4) is 0 Å². The predicted molar refractivity (Wildman–Crippen MR) is 32.0 cm³/mol. The van der Waals surface area contributed by atoms with Gasteiger partial charge in [-0.3, -0.25) is 9.59 Å². The monoisotopic (exact) mass is 294 g/mol. The van der Waals surface area contributed by atoms with Gasteiger partial charge in [0.25, 0.3) is 5.78 Å². The third-order valence-electron chi connectivity index (χ3n) is 1.50. The molecule has 0 atom stereocenters. The number of hydrogen-bond acceptors (Lipinski definition) is 2. The highest BCUT2D eigenvalue weighted by atomic mass is 19.4. The third kappa shape index (κ3) is 2.56. The van der Waals surface area contributed by atoms with Crippen LogP contribution in [0.5, 0.6) is 0 Å². The normalized spacial score (nSPS) is 14.6. The van der Waals surface area contributed by atoms with Crippen LogP contribution in [0.3, 0.4) is 0 Å². The van der Waals surface area contributed by atoms with Crippen LogP contribution in [0.2, 0.25) is 0 Å². The highest BCUT2D eigenvalue weighted by Gasteiger charge is 2.78. The minimum atomic E-state index is -7.10. The van der Waals surface area contributed by atoms with Gasteiger partial charge in [0, 0.05) is 0 Å². The number of carbonyl (C=O) groups is 2. The number of alkyl halides is 10. The molecule has 0 aromatic carbocycles. The van der Waals surface area contributed by atoms with E-state index in [1.54, 1.807) is 0 Å². The van der Waals surface area contributed by atoms with Crippen LogP contribution in [0.25, 0.3) is 0 Å². The van der Waals surface area contributed by atoms with Gasteiger partial charge in [-0.25, -0.2) is 0 Å². The van der Waals surface area contributed by atoms with Gasteiger partial charge in [-0.15, -0.1) is 0 Å². The largest absolute Gasteiger partial charge is 0.460 e. The zero-order valence-electron chi connectivity index (χ0n) is 7.60. The Balaban J connectivity index is 5.56. The molecule has 0 aromatic heterocycles. The first-order chi connectivity index (χ1) is 7.57. The van der Waals surface area contributed by atoms with Crippen molar-refractivity contribution in [2.45, 2.75) is 24.2 Å². The fourth-order valence-corrected chi connectivity index (χ4v) is 0.592. The molecular weight excluding hydrogens is 294 g/mol. The second kappa shape index (κ2) is 4.09. The van der Waals surface area contributed by atoms with Crippen molar-refractivity contribution < 1.29 is 53.5 Å². The zero-order valence-corrected chi connectivity index (χ0v) is 7.60. The standard InChI is InChI=1S/C6F10O2/c7-3(8,5(12,13)6(14,15)16)1(17)2(18)4(9,10)11. The molecule has 0 aromatic rings. The molecule has 0 N–H and O–H groups in total. The van der Waals surface area contributed by atoms with Crippen LogP contribution in [-0.2, 0) is 9.59 Å². The first-order valence-electron chi connectivity index (χ1n) is 3.55. The molecule has 18 heavy (non-hydrogen) atoms. The lowest BCUT2D eigenvalue weighted by Gasteiger charge is -2.26. The van der Waals surface area contributed by atoms with Crippen molar-refractivity contribution >= 4 is 11.6 Å². The number of Topliss-reactive ketones (excluding diaryl/α,β-unsaturated/α-hetero) is 2. The molecule has 106 valence electrons. The molecule has 0 spiro atoms. The Hall–Kier alpha value is -1.36. The Kier molecular flexibility index (Phi) is 3.78. The topological polar surface area (TPSA) is 34.1 Å². The van der Waals surface area contributed by atoms with Crippen LogP contribution >= 0.6 is 0 Å². The Morgan fingerprint density at radius 2 is 0.944 bits per heavy atom. The van der Waals surface area contributed by atoms with Gasteiger partial charge in [0.1, 0.15) is 0 Å². The lowest BCUT2D eigenvalue weighted by Crippen LogP contribution is -2.59. The molecule has 0 saturated carbocycles. The smallest absolute Gasteiger partial charge is 0.283 e. The Morgan fingerprint density at radius 1 is 0.611 bits per heavy atom. The highest BCUT2D eigenvalue weighted by Crippen LogP contribution is 2.47. The SMILES string of the molecule is O=C(C(=O)C(F)(F)C(F)(F)C(F)(F)F)C(F)(F)F. The van der Waals surface area contributed by atoms with Crippen molar-refractivity contribution in [3.63, 3.8) is 0 Å². The molecular formula is C6F10O2. The van der Waals surface area contributed by atoms with Crippen LogP contribution in [0.4, 0.5) is 43.9 Å². The van der Waals surface area contributed by atoms with E-state index in [0.29, 0.717) is 0 Å². The van der Waals surface area contributed by atoms with E-state index in [0.717, 1.165) is 0 Å². The molecule has 0 aliphatic heterocycles. The lowest BCUT2D eigenvalue weighted by atomic mass is 10.0. The number of rotatable bonds is 3. The average molecular weight is 294 g/mol. The molecule has 0 unspecified atom stereocenters. The van der Waals surface area contributed by atoms with Crippen LogP contribution < -0.4 is 0 Å². The molecule has 0 saturated heterocycles. The maximum atomic E-state index is 12.3. The molecule has 12 heteroatoms. The summed E-state index contributed by atoms with van der Waals surface area (Å²) >= 11 is 0. The van der Waals surface area contributed by atoms with Crippen LogP contribution in [0.1, 0.15) is 0 Å². The van der Waals surface area contributed by atoms with E-state index in [2.05, 4.69) is 0 Å². The van der Waals surface area contributed by atoms with Gasteiger partial charge in [-0.2, -0.15) is 43.9 Å². The van der Waals surface area contributed by atoms with Gasteiger partial charge in [0.05, 0.1) is 0 Å². The number of carbonyl (C=O) groups excluding carboxylic acids is 2. The van der Waals surface area contributed by atoms with E-state index in [-0.39, 0.29) is 0 Å². The third-order valence-corrected chi connectivity index (χ3v) is 1.50. The number of ketones is 2. The summed E-state index contributed by atoms with van der Waals surface area (Å²) in [5, 5.41) is 0. The Morgan fingerprint density at radius 3 is 1.17 bits per heavy atom. The summed E-state index contributed by atoms with van der Waals surface area (Å²) in [7, 11) is 0. The Labute approximate surface area is 90.5 Å². The number of halogens is 10. The fraction of sp³-hybridized carbons (Fsp3) is 0.667. The molecule has 0 heterocycles. The summed E-state index contributed by atoms with van der Waals surface area (Å²) in [5.74, 6) is -22.1. The van der Waals surface area contributed by atoms with Crippen molar-refractivity contribution in [1.82, 2.24) is 0 Å². The van der Waals surface area contributed by atoms with Gasteiger partial charge in [-0.05, 0) is 0 Å². The van der Waals surface area contributed by atoms with E-state index in [4.69, 9.17) is 0 Å². The maximum Gasteiger partial charge on any atom is 0.460 e. The number of hydrogen-bond donors (Lipinski definition) is 0. The summed E-state index contributed by atoms with van der Waals surface area (Å²) < 4.78 is 118. The van der Waals surface area contributed by atoms with Gasteiger partial charge < -0.3 is 0 Å². The quantitative estimate of drug-likeness (QED) is 0.592. The van der Waals surface area contributed by atoms with E-state index in [1.807, 2.05) is 0 Å². The van der Waals surface area contributed by atoms with Crippen molar-refractivity contribution in [1.29, 1.82) is 0 Å². The molecule has 0 fully saturated rings. The summed E-state index contributed by atoms with van der Waals surface area (Å²) in [6, 6.07) is 0. The second-order valence-electron chi connectivity index (χ2n) is 2.80. The van der Waals surface area contributed by atoms with E-state index < -0.39 is 35.8 Å². The highest BCUT2D eigenvalue weighted by molar-refractivity contribution is 6.42. The average Bonchev–Trinajstić information content (AvgIpc) is 2.11. The summed E-state index contributed by atoms with van der Waals surface area (Å²) in [6.07, 6.45) is -13.3. The van der Waals surface area contributed by atoms with Gasteiger partial charge in [0.2, 0.25) is 0 Å². The molecule has 0 rings (SSSR count). The van der Waals surface area contributed by atoms with Crippen LogP contribution in [0.15, 0.2) is 0 Å². The molecule has 2 nitrogen and oxygen atoms in total. The van der Waals surface area contributed by atoms with Crippen molar-refractivity contribution in [3.05, 3.63) is 0 Å². The summed E-state index contributed by atoms with van der Waals surface area (Å²) in [6.45, 7) is 0.